The van der Waals surface area contributed by atoms with E-state index >= 15 is 0 Å². The largest absolute Gasteiger partial charge is 0.489 e. The van der Waals surface area contributed by atoms with Crippen molar-refractivity contribution < 1.29 is 14.3 Å². The van der Waals surface area contributed by atoms with Gasteiger partial charge < -0.3 is 26.3 Å². The van der Waals surface area contributed by atoms with Crippen molar-refractivity contribution in [2.45, 2.75) is 32.4 Å². The molecule has 2 aromatic carbocycles. The Balaban J connectivity index is 1.76. The topological polar surface area (TPSA) is 123 Å². The molecule has 2 aromatic rings. The average molecular weight is 370 g/mol. The first-order valence-corrected chi connectivity index (χ1v) is 8.77. The fourth-order valence-corrected chi connectivity index (χ4v) is 2.31. The van der Waals surface area contributed by atoms with Crippen molar-refractivity contribution in [1.29, 1.82) is 5.41 Å². The molecule has 0 aliphatic heterocycles. The molecule has 27 heavy (non-hydrogen) atoms. The highest BCUT2D eigenvalue weighted by atomic mass is 16.5. The van der Waals surface area contributed by atoms with Crippen LogP contribution in [0.2, 0.25) is 0 Å². The van der Waals surface area contributed by atoms with Gasteiger partial charge >= 0.3 is 5.97 Å². The van der Waals surface area contributed by atoms with Gasteiger partial charge in [-0.1, -0.05) is 29.8 Å². The highest BCUT2D eigenvalue weighted by Gasteiger charge is 2.15. The van der Waals surface area contributed by atoms with E-state index in [1.54, 1.807) is 24.3 Å². The summed E-state index contributed by atoms with van der Waals surface area (Å²) in [6, 6.07) is 14.3. The Hall–Kier alpha value is -3.06. The van der Waals surface area contributed by atoms with E-state index in [2.05, 4.69) is 5.32 Å². The van der Waals surface area contributed by atoms with Crippen LogP contribution in [0.15, 0.2) is 48.5 Å². The van der Waals surface area contributed by atoms with Gasteiger partial charge in [0.25, 0.3) is 0 Å². The van der Waals surface area contributed by atoms with Crippen LogP contribution in [0, 0.1) is 12.3 Å². The zero-order chi connectivity index (χ0) is 19.6. The molecule has 7 nitrogen and oxygen atoms in total. The predicted octanol–water partition coefficient (Wildman–Crippen LogP) is 2.07. The summed E-state index contributed by atoms with van der Waals surface area (Å²) >= 11 is 0. The zero-order valence-electron chi connectivity index (χ0n) is 15.4. The first-order valence-electron chi connectivity index (χ1n) is 8.77. The van der Waals surface area contributed by atoms with Crippen molar-refractivity contribution in [3.63, 3.8) is 0 Å². The second-order valence-electron chi connectivity index (χ2n) is 6.26. The quantitative estimate of drug-likeness (QED) is 0.176. The molecular weight excluding hydrogens is 344 g/mol. The molecule has 0 bridgehead atoms. The van der Waals surface area contributed by atoms with E-state index < -0.39 is 12.0 Å². The van der Waals surface area contributed by atoms with E-state index in [-0.39, 0.29) is 5.96 Å². The minimum atomic E-state index is -0.726. The van der Waals surface area contributed by atoms with Gasteiger partial charge in [0.05, 0.1) is 0 Å². The summed E-state index contributed by atoms with van der Waals surface area (Å²) in [5.74, 6) is 0.511. The SMILES string of the molecule is Cc1ccc(COc2ccc(OC(=O)C(N)CCCNC(=N)N)cc2)cc1. The molecule has 0 radical (unpaired) electrons. The molecule has 0 aliphatic carbocycles. The van der Waals surface area contributed by atoms with Crippen molar-refractivity contribution in [3.05, 3.63) is 59.7 Å². The minimum Gasteiger partial charge on any atom is -0.489 e. The monoisotopic (exact) mass is 370 g/mol. The van der Waals surface area contributed by atoms with Crippen LogP contribution in [-0.4, -0.2) is 24.5 Å². The van der Waals surface area contributed by atoms with Gasteiger partial charge in [-0.05, 0) is 49.6 Å². The van der Waals surface area contributed by atoms with Gasteiger partial charge in [0.15, 0.2) is 5.96 Å². The normalized spacial score (nSPS) is 11.5. The smallest absolute Gasteiger partial charge is 0.328 e. The highest BCUT2D eigenvalue weighted by molar-refractivity contribution is 5.78. The molecular formula is C20H26N4O3. The second-order valence-corrected chi connectivity index (χ2v) is 6.26. The zero-order valence-corrected chi connectivity index (χ0v) is 15.4. The average Bonchev–Trinajstić information content (AvgIpc) is 2.65. The molecule has 0 amide bonds. The summed E-state index contributed by atoms with van der Waals surface area (Å²) in [6.45, 7) is 3.00. The lowest BCUT2D eigenvalue weighted by Crippen LogP contribution is -2.36. The number of benzene rings is 2. The third-order valence-electron chi connectivity index (χ3n) is 3.88. The molecule has 2 rings (SSSR count). The van der Waals surface area contributed by atoms with Gasteiger partial charge in [0.1, 0.15) is 24.1 Å². The maximum absolute atomic E-state index is 12.0. The summed E-state index contributed by atoms with van der Waals surface area (Å²) in [6.07, 6.45) is 1.05. The maximum Gasteiger partial charge on any atom is 0.328 e. The van der Waals surface area contributed by atoms with Gasteiger partial charge in [0.2, 0.25) is 0 Å². The standard InChI is InChI=1S/C20H26N4O3/c1-14-4-6-15(7-5-14)13-26-16-8-10-17(11-9-16)27-19(25)18(21)3-2-12-24-20(22)23/h4-11,18H,2-3,12-13,21H2,1H3,(H4,22,23,24). The van der Waals surface area contributed by atoms with E-state index in [0.29, 0.717) is 37.5 Å². The van der Waals surface area contributed by atoms with Crippen LogP contribution in [0.25, 0.3) is 0 Å². The number of nitrogens with two attached hydrogens (primary N) is 2. The summed E-state index contributed by atoms with van der Waals surface area (Å²) < 4.78 is 11.0. The van der Waals surface area contributed by atoms with Gasteiger partial charge in [-0.25, -0.2) is 4.79 Å². The number of carbonyl (C=O) groups is 1. The summed E-state index contributed by atoms with van der Waals surface area (Å²) in [4.78, 5) is 12.0. The van der Waals surface area contributed by atoms with Crippen molar-refractivity contribution >= 4 is 11.9 Å². The second kappa shape index (κ2) is 10.2. The number of carbonyl (C=O) groups excluding carboxylic acids is 1. The molecule has 0 saturated heterocycles. The molecule has 0 aromatic heterocycles. The first kappa shape index (κ1) is 20.3. The summed E-state index contributed by atoms with van der Waals surface area (Å²) in [7, 11) is 0. The van der Waals surface area contributed by atoms with Gasteiger partial charge in [-0.15, -0.1) is 0 Å². The van der Waals surface area contributed by atoms with Crippen molar-refractivity contribution in [2.75, 3.05) is 6.54 Å². The lowest BCUT2D eigenvalue weighted by molar-refractivity contribution is -0.136. The van der Waals surface area contributed by atoms with Crippen molar-refractivity contribution in [3.8, 4) is 11.5 Å². The van der Waals surface area contributed by atoms with E-state index in [0.717, 1.165) is 5.56 Å². The Morgan fingerprint density at radius 2 is 1.74 bits per heavy atom. The van der Waals surface area contributed by atoms with Gasteiger partial charge in [-0.3, -0.25) is 5.41 Å². The van der Waals surface area contributed by atoms with Crippen LogP contribution in [-0.2, 0) is 11.4 Å². The molecule has 0 aliphatic rings. The third-order valence-corrected chi connectivity index (χ3v) is 3.88. The molecule has 6 N–H and O–H groups in total. The lowest BCUT2D eigenvalue weighted by atomic mass is 10.1. The van der Waals surface area contributed by atoms with Crippen molar-refractivity contribution in [1.82, 2.24) is 5.32 Å². The summed E-state index contributed by atoms with van der Waals surface area (Å²) in [5.41, 5.74) is 13.3. The number of hydrogen-bond donors (Lipinski definition) is 4. The highest BCUT2D eigenvalue weighted by Crippen LogP contribution is 2.19. The number of rotatable bonds is 9. The fourth-order valence-electron chi connectivity index (χ4n) is 2.31. The predicted molar refractivity (Wildman–Crippen MR) is 105 cm³/mol. The van der Waals surface area contributed by atoms with E-state index in [4.69, 9.17) is 26.4 Å². The molecule has 0 spiro atoms. The Morgan fingerprint density at radius 1 is 1.11 bits per heavy atom. The molecule has 7 heteroatoms. The van der Waals surface area contributed by atoms with Crippen LogP contribution < -0.4 is 26.3 Å². The minimum absolute atomic E-state index is 0.101. The molecule has 1 unspecified atom stereocenters. The molecule has 0 heterocycles. The Bertz CT molecular complexity index is 745. The van der Waals surface area contributed by atoms with Crippen LogP contribution in [0.1, 0.15) is 24.0 Å². The molecule has 0 saturated carbocycles. The molecule has 144 valence electrons. The van der Waals surface area contributed by atoms with Gasteiger partial charge in [0, 0.05) is 6.54 Å². The van der Waals surface area contributed by atoms with E-state index in [1.165, 1.54) is 5.56 Å². The van der Waals surface area contributed by atoms with Crippen LogP contribution in [0.3, 0.4) is 0 Å². The third kappa shape index (κ3) is 7.37. The number of ether oxygens (including phenoxy) is 2. The van der Waals surface area contributed by atoms with Crippen LogP contribution in [0.4, 0.5) is 0 Å². The first-order chi connectivity index (χ1) is 12.9. The summed E-state index contributed by atoms with van der Waals surface area (Å²) in [5, 5.41) is 9.71. The van der Waals surface area contributed by atoms with Crippen LogP contribution >= 0.6 is 0 Å². The van der Waals surface area contributed by atoms with E-state index in [1.807, 2.05) is 31.2 Å². The number of hydrogen-bond acceptors (Lipinski definition) is 5. The number of nitrogens with one attached hydrogen (secondary N) is 2. The number of esters is 1. The molecule has 0 fully saturated rings. The fraction of sp³-hybridized carbons (Fsp3) is 0.300. The van der Waals surface area contributed by atoms with E-state index in [9.17, 15) is 4.79 Å². The lowest BCUT2D eigenvalue weighted by Gasteiger charge is -2.12. The van der Waals surface area contributed by atoms with Crippen LogP contribution in [0.5, 0.6) is 11.5 Å². The Labute approximate surface area is 159 Å². The maximum atomic E-state index is 12.0. The van der Waals surface area contributed by atoms with Crippen molar-refractivity contribution in [2.24, 2.45) is 11.5 Å². The Kier molecular flexibility index (Phi) is 7.63. The molecule has 1 atom stereocenters. The number of guanidine groups is 1. The Morgan fingerprint density at radius 3 is 2.37 bits per heavy atom. The number of aryl methyl sites for hydroxylation is 1. The van der Waals surface area contributed by atoms with Gasteiger partial charge in [-0.2, -0.15) is 0 Å².